The summed E-state index contributed by atoms with van der Waals surface area (Å²) in [5.74, 6) is 0. The van der Waals surface area contributed by atoms with Crippen molar-refractivity contribution in [3.8, 4) is 6.07 Å². The van der Waals surface area contributed by atoms with Crippen LogP contribution in [-0.2, 0) is 12.0 Å². The summed E-state index contributed by atoms with van der Waals surface area (Å²) < 4.78 is 1.88. The van der Waals surface area contributed by atoms with Gasteiger partial charge in [-0.1, -0.05) is 53.5 Å². The molecule has 1 heterocycles. The summed E-state index contributed by atoms with van der Waals surface area (Å²) in [5, 5.41) is 24.9. The Morgan fingerprint density at radius 3 is 2.37 bits per heavy atom. The van der Waals surface area contributed by atoms with Crippen LogP contribution in [0.1, 0.15) is 11.1 Å². The first-order valence-electron chi connectivity index (χ1n) is 7.60. The molecule has 27 heavy (non-hydrogen) atoms. The van der Waals surface area contributed by atoms with Gasteiger partial charge in [-0.25, -0.2) is 4.98 Å². The van der Waals surface area contributed by atoms with Crippen LogP contribution in [0.4, 0.5) is 0 Å². The van der Waals surface area contributed by atoms with Crippen LogP contribution >= 0.6 is 23.2 Å². The normalized spacial score (nSPS) is 12.2. The second-order valence-electron chi connectivity index (χ2n) is 5.48. The minimum atomic E-state index is -1.50. The highest BCUT2D eigenvalue weighted by atomic mass is 35.5. The van der Waals surface area contributed by atoms with Crippen LogP contribution in [0.15, 0.2) is 67.3 Å². The molecule has 1 unspecified atom stereocenters. The minimum absolute atomic E-state index is 0.412. The summed E-state index contributed by atoms with van der Waals surface area (Å²) >= 11 is 12.4. The van der Waals surface area contributed by atoms with Crippen molar-refractivity contribution in [1.29, 1.82) is 5.26 Å². The first-order valence-corrected chi connectivity index (χ1v) is 8.36. The monoisotopic (exact) mass is 404 g/mol. The number of nitrogens with zero attached hydrogens (tertiary/aromatic N) is 4. The van der Waals surface area contributed by atoms with Crippen molar-refractivity contribution in [3.63, 3.8) is 0 Å². The molecule has 3 rings (SSSR count). The van der Waals surface area contributed by atoms with Gasteiger partial charge in [0.15, 0.2) is 0 Å². The van der Waals surface area contributed by atoms with E-state index in [4.69, 9.17) is 38.5 Å². The smallest absolute Gasteiger partial charge is 0.291 e. The minimum Gasteiger partial charge on any atom is -0.335 e. The molecule has 1 aromatic heterocycles. The fourth-order valence-electron chi connectivity index (χ4n) is 2.69. The van der Waals surface area contributed by atoms with Gasteiger partial charge in [-0.05, 0) is 29.3 Å². The van der Waals surface area contributed by atoms with Gasteiger partial charge in [0.05, 0.1) is 18.9 Å². The predicted molar refractivity (Wildman–Crippen MR) is 100 cm³/mol. The van der Waals surface area contributed by atoms with Crippen LogP contribution < -0.4 is 0 Å². The lowest BCUT2D eigenvalue weighted by molar-refractivity contribution is -0.742. The van der Waals surface area contributed by atoms with E-state index in [2.05, 4.69) is 11.1 Å². The van der Waals surface area contributed by atoms with E-state index in [9.17, 15) is 5.26 Å². The second kappa shape index (κ2) is 9.03. The SMILES string of the molecule is N#CC(Cn1ccnc1)(c1ccc(Cl)cc1)c1ccccc1Cl.O=[N+]([O-])O. The third kappa shape index (κ3) is 4.97. The molecule has 7 nitrogen and oxygen atoms in total. The lowest BCUT2D eigenvalue weighted by Crippen LogP contribution is -2.31. The molecule has 0 saturated heterocycles. The Morgan fingerprint density at radius 1 is 1.22 bits per heavy atom. The maximum Gasteiger partial charge on any atom is 0.291 e. The molecular formula is C18H14Cl2N4O3. The number of rotatable bonds is 4. The van der Waals surface area contributed by atoms with Gasteiger partial charge < -0.3 is 9.77 Å². The van der Waals surface area contributed by atoms with Gasteiger partial charge in [0, 0.05) is 22.4 Å². The molecule has 0 bridgehead atoms. The molecule has 0 aliphatic heterocycles. The van der Waals surface area contributed by atoms with Gasteiger partial charge in [0.25, 0.3) is 5.09 Å². The maximum absolute atomic E-state index is 10.1. The largest absolute Gasteiger partial charge is 0.335 e. The van der Waals surface area contributed by atoms with E-state index >= 15 is 0 Å². The van der Waals surface area contributed by atoms with Gasteiger partial charge in [0.2, 0.25) is 0 Å². The fourth-order valence-corrected chi connectivity index (χ4v) is 3.11. The molecule has 0 fully saturated rings. The number of halogens is 2. The lowest BCUT2D eigenvalue weighted by Gasteiger charge is -2.29. The van der Waals surface area contributed by atoms with Crippen LogP contribution in [0.2, 0.25) is 10.0 Å². The van der Waals surface area contributed by atoms with Crippen molar-refractivity contribution in [2.45, 2.75) is 12.0 Å². The summed E-state index contributed by atoms with van der Waals surface area (Å²) in [6.07, 6.45) is 5.22. The van der Waals surface area contributed by atoms with Crippen LogP contribution in [0.25, 0.3) is 0 Å². The fraction of sp³-hybridized carbons (Fsp3) is 0.111. The van der Waals surface area contributed by atoms with Crippen molar-refractivity contribution in [2.75, 3.05) is 0 Å². The topological polar surface area (TPSA) is 105 Å². The zero-order valence-electron chi connectivity index (χ0n) is 13.9. The number of imidazole rings is 1. The van der Waals surface area contributed by atoms with E-state index in [1.54, 1.807) is 30.7 Å². The molecule has 3 aromatic rings. The first-order chi connectivity index (χ1) is 12.9. The highest BCUT2D eigenvalue weighted by Gasteiger charge is 2.36. The van der Waals surface area contributed by atoms with Crippen molar-refractivity contribution in [2.24, 2.45) is 0 Å². The average Bonchev–Trinajstić information content (AvgIpc) is 3.14. The van der Waals surface area contributed by atoms with Gasteiger partial charge in [0.1, 0.15) is 5.41 Å². The summed E-state index contributed by atoms with van der Waals surface area (Å²) in [5.41, 5.74) is 0.676. The molecule has 2 aromatic carbocycles. The summed E-state index contributed by atoms with van der Waals surface area (Å²) in [7, 11) is 0. The molecule has 1 atom stereocenters. The molecule has 0 saturated carbocycles. The quantitative estimate of drug-likeness (QED) is 0.513. The van der Waals surface area contributed by atoms with Crippen molar-refractivity contribution in [3.05, 3.63) is 98.5 Å². The molecule has 9 heteroatoms. The first kappa shape index (κ1) is 20.2. The van der Waals surface area contributed by atoms with E-state index < -0.39 is 10.5 Å². The van der Waals surface area contributed by atoms with Crippen LogP contribution in [0.3, 0.4) is 0 Å². The maximum atomic E-state index is 10.1. The Bertz CT molecular complexity index is 936. The number of benzene rings is 2. The van der Waals surface area contributed by atoms with Crippen LogP contribution in [0, 0.1) is 21.4 Å². The van der Waals surface area contributed by atoms with Gasteiger partial charge in [-0.3, -0.25) is 0 Å². The molecule has 0 aliphatic rings. The molecule has 138 valence electrons. The predicted octanol–water partition coefficient (Wildman–Crippen LogP) is 4.35. The van der Waals surface area contributed by atoms with Gasteiger partial charge >= 0.3 is 0 Å². The third-order valence-electron chi connectivity index (χ3n) is 3.84. The van der Waals surface area contributed by atoms with E-state index in [-0.39, 0.29) is 0 Å². The Hall–Kier alpha value is -3.08. The molecule has 0 spiro atoms. The molecule has 0 aliphatic carbocycles. The van der Waals surface area contributed by atoms with Gasteiger partial charge in [-0.15, -0.1) is 10.1 Å². The van der Waals surface area contributed by atoms with E-state index in [1.165, 1.54) is 0 Å². The number of hydrogen-bond acceptors (Lipinski definition) is 4. The molecule has 1 N–H and O–H groups in total. The average molecular weight is 405 g/mol. The van der Waals surface area contributed by atoms with E-state index in [1.807, 2.05) is 41.1 Å². The highest BCUT2D eigenvalue weighted by Crippen LogP contribution is 2.38. The van der Waals surface area contributed by atoms with E-state index in [0.717, 1.165) is 11.1 Å². The lowest BCUT2D eigenvalue weighted by atomic mass is 9.75. The number of hydrogen-bond donors (Lipinski definition) is 1. The molecular weight excluding hydrogens is 391 g/mol. The van der Waals surface area contributed by atoms with Crippen molar-refractivity contribution >= 4 is 23.2 Å². The standard InChI is InChI=1S/C18H13Cl2N3.HNO3/c19-15-7-5-14(6-8-15)18(11-21,12-23-10-9-22-13-23)16-3-1-2-4-17(16)20;2-1(3)4/h1-10,13H,12H2;(H,2,3,4). The van der Waals surface area contributed by atoms with Gasteiger partial charge in [-0.2, -0.15) is 5.26 Å². The van der Waals surface area contributed by atoms with Crippen molar-refractivity contribution in [1.82, 2.24) is 9.55 Å². The zero-order chi connectivity index (χ0) is 19.9. The Morgan fingerprint density at radius 2 is 1.85 bits per heavy atom. The summed E-state index contributed by atoms with van der Waals surface area (Å²) in [4.78, 5) is 12.4. The second-order valence-corrected chi connectivity index (χ2v) is 6.32. The highest BCUT2D eigenvalue weighted by molar-refractivity contribution is 6.31. The van der Waals surface area contributed by atoms with E-state index in [0.29, 0.717) is 16.6 Å². The Balaban J connectivity index is 0.000000596. The number of aromatic nitrogens is 2. The molecule has 0 amide bonds. The van der Waals surface area contributed by atoms with Crippen LogP contribution in [0.5, 0.6) is 0 Å². The molecule has 0 radical (unpaired) electrons. The zero-order valence-corrected chi connectivity index (χ0v) is 15.4. The summed E-state index contributed by atoms with van der Waals surface area (Å²) in [6, 6.07) is 17.2. The van der Waals surface area contributed by atoms with Crippen molar-refractivity contribution < 1.29 is 10.3 Å². The third-order valence-corrected chi connectivity index (χ3v) is 4.42. The Kier molecular flexibility index (Phi) is 6.77. The number of nitriles is 1. The summed E-state index contributed by atoms with van der Waals surface area (Å²) in [6.45, 7) is 0.412. The Labute approximate surface area is 165 Å². The van der Waals surface area contributed by atoms with Crippen LogP contribution in [-0.4, -0.2) is 19.8 Å².